The third-order valence-electron chi connectivity index (χ3n) is 5.05. The van der Waals surface area contributed by atoms with E-state index in [-0.39, 0.29) is 0 Å². The van der Waals surface area contributed by atoms with Crippen molar-refractivity contribution in [3.63, 3.8) is 0 Å². The Bertz CT molecular complexity index is 657. The summed E-state index contributed by atoms with van der Waals surface area (Å²) >= 11 is 9.52. The summed E-state index contributed by atoms with van der Waals surface area (Å²) in [6, 6.07) is 4.94. The predicted molar refractivity (Wildman–Crippen MR) is 134 cm³/mol. The van der Waals surface area contributed by atoms with Crippen LogP contribution in [0.3, 0.4) is 0 Å². The highest BCUT2D eigenvalue weighted by Crippen LogP contribution is 2.39. The van der Waals surface area contributed by atoms with Gasteiger partial charge in [0.2, 0.25) is 0 Å². The summed E-state index contributed by atoms with van der Waals surface area (Å²) < 4.78 is 0. The van der Waals surface area contributed by atoms with Crippen LogP contribution in [0.4, 0.5) is 0 Å². The second kappa shape index (κ2) is 13.5. The maximum Gasteiger partial charge on any atom is 0.0477 e. The van der Waals surface area contributed by atoms with Gasteiger partial charge in [0.05, 0.1) is 0 Å². The van der Waals surface area contributed by atoms with Crippen LogP contribution in [0.2, 0.25) is 0 Å². The number of hydrogen-bond donors (Lipinski definition) is 0. The average molecular weight is 488 g/mol. The summed E-state index contributed by atoms with van der Waals surface area (Å²) in [6.45, 7) is 4.58. The molecule has 0 bridgehead atoms. The molecule has 0 spiro atoms. The standard InChI is InChI=1S/C23H35BrS3/c1-18-16-21(13-9-5-7-11-15-25-3)23(26-18)22-17-20(19(2)27-22)12-8-4-6-10-14-24/h16-17H,4-15H2,1-3H3. The zero-order chi connectivity index (χ0) is 19.5. The molecule has 0 nitrogen and oxygen atoms in total. The van der Waals surface area contributed by atoms with E-state index in [0.717, 1.165) is 5.33 Å². The molecule has 4 heteroatoms. The van der Waals surface area contributed by atoms with Gasteiger partial charge in [-0.1, -0.05) is 41.6 Å². The van der Waals surface area contributed by atoms with Crippen molar-refractivity contribution < 1.29 is 0 Å². The molecule has 0 radical (unpaired) electrons. The molecule has 0 N–H and O–H groups in total. The number of rotatable bonds is 14. The molecule has 0 aliphatic heterocycles. The third-order valence-corrected chi connectivity index (χ3v) is 8.67. The van der Waals surface area contributed by atoms with Crippen LogP contribution in [0.25, 0.3) is 9.75 Å². The SMILES string of the molecule is CSCCCCCCc1cc(C)sc1-c1cc(CCCCCCBr)c(C)s1. The van der Waals surface area contributed by atoms with Crippen molar-refractivity contribution in [1.29, 1.82) is 0 Å². The summed E-state index contributed by atoms with van der Waals surface area (Å²) in [4.78, 5) is 6.05. The molecule has 0 unspecified atom stereocenters. The first-order valence-electron chi connectivity index (χ1n) is 10.4. The highest BCUT2D eigenvalue weighted by Gasteiger charge is 2.14. The number of halogens is 1. The van der Waals surface area contributed by atoms with Gasteiger partial charge >= 0.3 is 0 Å². The minimum absolute atomic E-state index is 1.15. The molecular weight excluding hydrogens is 452 g/mol. The molecule has 0 aliphatic rings. The van der Waals surface area contributed by atoms with Crippen molar-refractivity contribution in [2.75, 3.05) is 17.3 Å². The molecule has 0 fully saturated rings. The maximum atomic E-state index is 3.53. The molecule has 27 heavy (non-hydrogen) atoms. The van der Waals surface area contributed by atoms with Gasteiger partial charge in [0.25, 0.3) is 0 Å². The fraction of sp³-hybridized carbons (Fsp3) is 0.652. The van der Waals surface area contributed by atoms with Crippen molar-refractivity contribution in [3.8, 4) is 9.75 Å². The van der Waals surface area contributed by atoms with Crippen LogP contribution >= 0.6 is 50.4 Å². The van der Waals surface area contributed by atoms with Crippen molar-refractivity contribution in [2.45, 2.75) is 78.1 Å². The van der Waals surface area contributed by atoms with E-state index < -0.39 is 0 Å². The lowest BCUT2D eigenvalue weighted by Gasteiger charge is -2.03. The van der Waals surface area contributed by atoms with E-state index in [2.05, 4.69) is 48.2 Å². The third kappa shape index (κ3) is 8.24. The Kier molecular flexibility index (Phi) is 11.7. The first kappa shape index (κ1) is 23.5. The van der Waals surface area contributed by atoms with Gasteiger partial charge in [-0.25, -0.2) is 0 Å². The summed E-state index contributed by atoms with van der Waals surface area (Å²) in [6.07, 6.45) is 15.5. The van der Waals surface area contributed by atoms with E-state index in [1.165, 1.54) is 84.6 Å². The lowest BCUT2D eigenvalue weighted by molar-refractivity contribution is 0.671. The van der Waals surface area contributed by atoms with E-state index in [4.69, 9.17) is 0 Å². The number of hydrogen-bond acceptors (Lipinski definition) is 3. The number of alkyl halides is 1. The highest BCUT2D eigenvalue weighted by atomic mass is 79.9. The molecule has 0 saturated heterocycles. The molecule has 2 rings (SSSR count). The van der Waals surface area contributed by atoms with E-state index >= 15 is 0 Å². The van der Waals surface area contributed by atoms with Gasteiger partial charge in [-0.2, -0.15) is 11.8 Å². The Balaban J connectivity index is 1.92. The summed E-state index contributed by atoms with van der Waals surface area (Å²) in [7, 11) is 0. The minimum atomic E-state index is 1.15. The fourth-order valence-corrected chi connectivity index (χ4v) is 6.68. The van der Waals surface area contributed by atoms with Gasteiger partial charge in [-0.3, -0.25) is 0 Å². The molecule has 0 saturated carbocycles. The fourth-order valence-electron chi connectivity index (χ4n) is 3.52. The Morgan fingerprint density at radius 2 is 1.48 bits per heavy atom. The second-order valence-electron chi connectivity index (χ2n) is 7.41. The van der Waals surface area contributed by atoms with Gasteiger partial charge in [0, 0.05) is 24.8 Å². The molecular formula is C23H35BrS3. The van der Waals surface area contributed by atoms with Gasteiger partial charge in [0.1, 0.15) is 0 Å². The second-order valence-corrected chi connectivity index (χ2v) is 11.7. The van der Waals surface area contributed by atoms with E-state index in [1.54, 1.807) is 16.0 Å². The molecule has 152 valence electrons. The molecule has 0 aromatic carbocycles. The summed E-state index contributed by atoms with van der Waals surface area (Å²) in [5, 5.41) is 1.15. The zero-order valence-corrected chi connectivity index (χ0v) is 21.3. The molecule has 2 heterocycles. The predicted octanol–water partition coefficient (Wildman–Crippen LogP) is 9.06. The Morgan fingerprint density at radius 1 is 0.815 bits per heavy atom. The van der Waals surface area contributed by atoms with Crippen LogP contribution in [-0.2, 0) is 12.8 Å². The molecule has 2 aromatic heterocycles. The maximum absolute atomic E-state index is 3.53. The number of thiophene rings is 2. The quantitative estimate of drug-likeness (QED) is 0.189. The monoisotopic (exact) mass is 486 g/mol. The molecule has 2 aromatic rings. The summed E-state index contributed by atoms with van der Waals surface area (Å²) in [5.74, 6) is 1.32. The smallest absolute Gasteiger partial charge is 0.0477 e. The van der Waals surface area contributed by atoms with E-state index in [0.29, 0.717) is 0 Å². The molecule has 0 amide bonds. The van der Waals surface area contributed by atoms with Gasteiger partial charge < -0.3 is 0 Å². The van der Waals surface area contributed by atoms with E-state index in [1.807, 2.05) is 34.4 Å². The molecule has 0 aliphatic carbocycles. The highest BCUT2D eigenvalue weighted by molar-refractivity contribution is 9.09. The average Bonchev–Trinajstić information content (AvgIpc) is 3.20. The number of aryl methyl sites for hydroxylation is 4. The molecule has 0 atom stereocenters. The van der Waals surface area contributed by atoms with Gasteiger partial charge in [-0.05, 0) is 87.6 Å². The Labute approximate surface area is 187 Å². The Morgan fingerprint density at radius 3 is 2.19 bits per heavy atom. The van der Waals surface area contributed by atoms with Crippen LogP contribution in [0, 0.1) is 13.8 Å². The van der Waals surface area contributed by atoms with Crippen molar-refractivity contribution in [1.82, 2.24) is 0 Å². The van der Waals surface area contributed by atoms with Crippen molar-refractivity contribution in [3.05, 3.63) is 33.0 Å². The lowest BCUT2D eigenvalue weighted by atomic mass is 10.0. The van der Waals surface area contributed by atoms with Crippen LogP contribution in [0.5, 0.6) is 0 Å². The number of thioether (sulfide) groups is 1. The first-order chi connectivity index (χ1) is 13.2. The lowest BCUT2D eigenvalue weighted by Crippen LogP contribution is -1.87. The van der Waals surface area contributed by atoms with Crippen molar-refractivity contribution in [2.24, 2.45) is 0 Å². The van der Waals surface area contributed by atoms with Crippen LogP contribution in [0.15, 0.2) is 12.1 Å². The van der Waals surface area contributed by atoms with Crippen LogP contribution < -0.4 is 0 Å². The number of unbranched alkanes of at least 4 members (excludes halogenated alkanes) is 6. The van der Waals surface area contributed by atoms with Crippen molar-refractivity contribution >= 4 is 50.4 Å². The van der Waals surface area contributed by atoms with E-state index in [9.17, 15) is 0 Å². The normalized spacial score (nSPS) is 11.4. The first-order valence-corrected chi connectivity index (χ1v) is 14.5. The minimum Gasteiger partial charge on any atom is -0.165 e. The zero-order valence-electron chi connectivity index (χ0n) is 17.2. The van der Waals surface area contributed by atoms with Gasteiger partial charge in [-0.15, -0.1) is 22.7 Å². The van der Waals surface area contributed by atoms with Crippen LogP contribution in [0.1, 0.15) is 72.2 Å². The largest absolute Gasteiger partial charge is 0.165 e. The Hall–Kier alpha value is 0.230. The topological polar surface area (TPSA) is 0 Å². The van der Waals surface area contributed by atoms with Crippen LogP contribution in [-0.4, -0.2) is 17.3 Å². The van der Waals surface area contributed by atoms with Gasteiger partial charge in [0.15, 0.2) is 0 Å². The summed E-state index contributed by atoms with van der Waals surface area (Å²) in [5.41, 5.74) is 3.18.